The third-order valence-electron chi connectivity index (χ3n) is 13.6. The summed E-state index contributed by atoms with van der Waals surface area (Å²) in [7, 11) is -16.5. The van der Waals surface area contributed by atoms with Crippen molar-refractivity contribution in [2.24, 2.45) is 5.41 Å². The van der Waals surface area contributed by atoms with Gasteiger partial charge in [0.1, 0.15) is 42.4 Å². The fraction of sp³-hybridized carbons (Fsp3) is 0.833. The van der Waals surface area contributed by atoms with E-state index in [0.29, 0.717) is 6.42 Å². The second kappa shape index (κ2) is 34.5. The molecule has 2 aliphatic rings. The van der Waals surface area contributed by atoms with Gasteiger partial charge in [-0.1, -0.05) is 116 Å². The molecule has 81 heavy (non-hydrogen) atoms. The molecule has 2 aliphatic heterocycles. The Bertz CT molecular complexity index is 2390. The summed E-state index contributed by atoms with van der Waals surface area (Å²) in [5, 5.41) is 56.7. The number of nitrogen functional groups attached to an aromatic ring is 1. The molecule has 2 aromatic rings. The predicted octanol–water partition coefficient (Wildman–Crippen LogP) is 3.92. The molecule has 13 atom stereocenters. The molecule has 0 bridgehead atoms. The largest absolute Gasteiger partial charge is 0.481 e. The van der Waals surface area contributed by atoms with Crippen LogP contribution in [0.3, 0.4) is 0 Å². The quantitative estimate of drug-likeness (QED) is 0.0332. The molecule has 0 radical (unpaired) electrons. The first-order chi connectivity index (χ1) is 38.1. The summed E-state index contributed by atoms with van der Waals surface area (Å²) in [5.74, 6) is -1.26. The average Bonchev–Trinajstić information content (AvgIpc) is 3.99. The van der Waals surface area contributed by atoms with Gasteiger partial charge >= 0.3 is 23.5 Å². The van der Waals surface area contributed by atoms with Gasteiger partial charge < -0.3 is 75.7 Å². The van der Waals surface area contributed by atoms with Crippen LogP contribution in [0, 0.1) is 5.41 Å². The van der Waals surface area contributed by atoms with Crippen LogP contribution in [0.25, 0.3) is 11.2 Å². The van der Waals surface area contributed by atoms with E-state index in [9.17, 15) is 73.2 Å². The highest BCUT2D eigenvalue weighted by Crippen LogP contribution is 2.61. The number of hydrogen-bond donors (Lipinski definition) is 12. The summed E-state index contributed by atoms with van der Waals surface area (Å²) in [6.45, 7) is 4.14. The van der Waals surface area contributed by atoms with Gasteiger partial charge in [-0.2, -0.15) is 4.31 Å². The fourth-order valence-electron chi connectivity index (χ4n) is 8.94. The lowest BCUT2D eigenvalue weighted by atomic mass is 9.87. The lowest BCUT2D eigenvalue weighted by molar-refractivity contribution is -0.273. The van der Waals surface area contributed by atoms with Gasteiger partial charge in [0, 0.05) is 43.5 Å². The van der Waals surface area contributed by atoms with Gasteiger partial charge in [-0.3, -0.25) is 32.5 Å². The van der Waals surface area contributed by atoms with Crippen LogP contribution in [0.1, 0.15) is 156 Å². The number of aliphatic hydroxyl groups excluding tert-OH is 5. The fourth-order valence-corrected chi connectivity index (χ4v) is 12.5. The number of phosphoric acid groups is 3. The van der Waals surface area contributed by atoms with E-state index in [1.54, 1.807) is 6.92 Å². The summed E-state index contributed by atoms with van der Waals surface area (Å²) in [6.07, 6.45) is 7.50. The maximum absolute atomic E-state index is 12.8. The minimum absolute atomic E-state index is 0.00310. The van der Waals surface area contributed by atoms with Crippen molar-refractivity contribution in [1.29, 1.82) is 0 Å². The van der Waals surface area contributed by atoms with E-state index in [2.05, 4.69) is 34.4 Å². The molecule has 4 heterocycles. The van der Waals surface area contributed by atoms with Crippen LogP contribution in [-0.4, -0.2) is 175 Å². The van der Waals surface area contributed by atoms with Crippen LogP contribution in [0.4, 0.5) is 5.82 Å². The number of unbranched alkanes of at least 4 members (excludes halogenated alkanes) is 13. The lowest BCUT2D eigenvalue weighted by Crippen LogP contribution is -2.48. The van der Waals surface area contributed by atoms with Crippen molar-refractivity contribution in [2.75, 3.05) is 37.8 Å². The Morgan fingerprint density at radius 2 is 1.42 bits per heavy atom. The van der Waals surface area contributed by atoms with Gasteiger partial charge in [-0.05, 0) is 26.7 Å². The maximum atomic E-state index is 12.8. The molecular weight excluding hydrogens is 1150 g/mol. The number of nitrogens with zero attached hydrogens (tertiary/aromatic N) is 4. The van der Waals surface area contributed by atoms with E-state index in [1.807, 2.05) is 6.92 Å². The summed E-state index contributed by atoms with van der Waals surface area (Å²) in [5.41, 5.74) is 4.24. The molecule has 2 unspecified atom stereocenters. The third kappa shape index (κ3) is 25.9. The standard InChI is InChI=1S/C48H86N7O22P3S/c1-31(73-47-35(58)26-34(57)32(2)74-47)19-17-15-13-11-9-7-5-6-8-10-12-14-16-18-20-33(56)25-38(60)81-24-23-50-37(59)21-22-51-45(63)42(62)48(3,4)28-72-80(69,70)77-79(67,68)71-27-36-41(76-78(64,65)66)40(61)46(75-36)55-30-54-39-43(49)52-29-53-44(39)55/h29-36,40-42,46-47,56-58,61-62H,5-28H2,1-4H3,(H,50,59)(H,51,63)(H,67,68)(H,69,70)(H2,49,52,53)(H2,64,65,66)/t31-,32+,33-,34-,35-,36-,40-,41-,42+,46-,47-/m1/s1. The summed E-state index contributed by atoms with van der Waals surface area (Å²) < 4.78 is 74.0. The Balaban J connectivity index is 0.978. The highest BCUT2D eigenvalue weighted by molar-refractivity contribution is 8.13. The topological polar surface area (TPSA) is 443 Å². The number of fused-ring (bicyclic) bond motifs is 1. The highest BCUT2D eigenvalue weighted by atomic mass is 32.2. The van der Waals surface area contributed by atoms with Crippen LogP contribution in [0.15, 0.2) is 12.7 Å². The van der Waals surface area contributed by atoms with Gasteiger partial charge in [-0.25, -0.2) is 28.6 Å². The molecule has 4 rings (SSSR count). The number of carbonyl (C=O) groups is 3. The van der Waals surface area contributed by atoms with Gasteiger partial charge in [0.2, 0.25) is 11.8 Å². The van der Waals surface area contributed by atoms with E-state index >= 15 is 0 Å². The number of ether oxygens (including phenoxy) is 3. The first-order valence-electron chi connectivity index (χ1n) is 27.5. The molecule has 0 aliphatic carbocycles. The normalized spacial score (nSPS) is 24.3. The smallest absolute Gasteiger partial charge is 0.393 e. The molecule has 33 heteroatoms. The molecule has 29 nitrogen and oxygen atoms in total. The zero-order chi connectivity index (χ0) is 60.0. The minimum atomic E-state index is -5.60. The van der Waals surface area contributed by atoms with E-state index in [4.69, 9.17) is 29.0 Å². The van der Waals surface area contributed by atoms with Crippen LogP contribution in [0.2, 0.25) is 0 Å². The number of hydrogen-bond acceptors (Lipinski definition) is 23. The van der Waals surface area contributed by atoms with Crippen molar-refractivity contribution >= 4 is 69.1 Å². The van der Waals surface area contributed by atoms with E-state index in [0.717, 1.165) is 73.9 Å². The Labute approximate surface area is 476 Å². The van der Waals surface area contributed by atoms with Crippen LogP contribution < -0.4 is 16.4 Å². The third-order valence-corrected chi connectivity index (χ3v) is 17.6. The number of rotatable bonds is 40. The van der Waals surface area contributed by atoms with Crippen molar-refractivity contribution in [3.8, 4) is 0 Å². The van der Waals surface area contributed by atoms with Gasteiger partial charge in [-0.15, -0.1) is 0 Å². The number of aromatic nitrogens is 4. The van der Waals surface area contributed by atoms with E-state index in [1.165, 1.54) is 65.2 Å². The molecule has 2 saturated heterocycles. The highest BCUT2D eigenvalue weighted by Gasteiger charge is 2.50. The first-order valence-corrected chi connectivity index (χ1v) is 33.0. The number of anilines is 1. The van der Waals surface area contributed by atoms with Gasteiger partial charge in [0.25, 0.3) is 0 Å². The van der Waals surface area contributed by atoms with E-state index in [-0.39, 0.29) is 72.4 Å². The first kappa shape index (κ1) is 70.8. The predicted molar refractivity (Wildman–Crippen MR) is 293 cm³/mol. The van der Waals surface area contributed by atoms with Crippen molar-refractivity contribution in [1.82, 2.24) is 30.2 Å². The monoisotopic (exact) mass is 1240 g/mol. The number of nitrogens with two attached hydrogens (primary N) is 1. The summed E-state index contributed by atoms with van der Waals surface area (Å²) in [6, 6.07) is 0. The van der Waals surface area contributed by atoms with Crippen LogP contribution in [0.5, 0.6) is 0 Å². The zero-order valence-corrected chi connectivity index (χ0v) is 49.9. The summed E-state index contributed by atoms with van der Waals surface area (Å²) in [4.78, 5) is 88.8. The molecule has 0 saturated carbocycles. The summed E-state index contributed by atoms with van der Waals surface area (Å²) >= 11 is 0.988. The molecule has 2 aromatic heterocycles. The van der Waals surface area contributed by atoms with Crippen LogP contribution in [-0.2, 0) is 60.2 Å². The Kier molecular flexibility index (Phi) is 30.2. The van der Waals surface area contributed by atoms with Gasteiger partial charge in [0.15, 0.2) is 29.1 Å². The second-order valence-corrected chi connectivity index (χ2v) is 26.6. The molecule has 0 aromatic carbocycles. The molecule has 466 valence electrons. The second-order valence-electron chi connectivity index (χ2n) is 21.2. The number of imidazole rings is 1. The molecular formula is C48H86N7O22P3S. The number of carbonyl (C=O) groups excluding carboxylic acids is 3. The van der Waals surface area contributed by atoms with E-state index < -0.39 is 109 Å². The maximum Gasteiger partial charge on any atom is 0.481 e. The number of amides is 2. The zero-order valence-electron chi connectivity index (χ0n) is 46.4. The molecule has 13 N–H and O–H groups in total. The Morgan fingerprint density at radius 3 is 2.04 bits per heavy atom. The number of nitrogens with one attached hydrogen (secondary N) is 2. The van der Waals surface area contributed by atoms with Crippen molar-refractivity contribution in [3.05, 3.63) is 12.7 Å². The minimum Gasteiger partial charge on any atom is -0.393 e. The number of thioether (sulfide) groups is 1. The van der Waals surface area contributed by atoms with Crippen molar-refractivity contribution in [3.63, 3.8) is 0 Å². The molecule has 2 amide bonds. The van der Waals surface area contributed by atoms with Crippen molar-refractivity contribution in [2.45, 2.75) is 217 Å². The average molecular weight is 1240 g/mol. The Hall–Kier alpha value is -2.64. The van der Waals surface area contributed by atoms with Gasteiger partial charge in [0.05, 0.1) is 44.0 Å². The lowest BCUT2D eigenvalue weighted by Gasteiger charge is -2.36. The number of phosphoric ester groups is 3. The SMILES string of the molecule is C[C@H](CCCCCCCCCCCCCCCC[C@@H](O)CC(=O)SCCNC(=O)CCNC(=O)[C@H](O)C(C)(C)COP(=O)(O)OP(=O)(O)OC[C@H]1O[C@@H](n2cnc3c(N)ncnc32)[C@H](O)[C@@H]1OP(=O)(O)O)O[C@@H]1O[C@@H](C)[C@H](O)C[C@H]1O. The molecule has 2 fully saturated rings. The van der Waals surface area contributed by atoms with Crippen molar-refractivity contribution < 1.29 is 105 Å². The molecule has 0 spiro atoms. The number of aliphatic hydroxyl groups is 5. The van der Waals surface area contributed by atoms with Crippen LogP contribution >= 0.6 is 35.2 Å². The Morgan fingerprint density at radius 1 is 0.827 bits per heavy atom.